The van der Waals surface area contributed by atoms with Crippen molar-refractivity contribution in [3.8, 4) is 0 Å². The molecule has 1 aliphatic heterocycles. The van der Waals surface area contributed by atoms with Gasteiger partial charge in [-0.25, -0.2) is 0 Å². The lowest BCUT2D eigenvalue weighted by Gasteiger charge is -2.38. The van der Waals surface area contributed by atoms with E-state index in [4.69, 9.17) is 11.5 Å². The van der Waals surface area contributed by atoms with Crippen LogP contribution in [0, 0.1) is 0 Å². The first-order chi connectivity index (χ1) is 11.3. The lowest BCUT2D eigenvalue weighted by molar-refractivity contribution is -0.0328. The van der Waals surface area contributed by atoms with E-state index in [2.05, 4.69) is 16.7 Å². The lowest BCUT2D eigenvalue weighted by Crippen LogP contribution is -2.47. The van der Waals surface area contributed by atoms with Gasteiger partial charge in [-0.3, -0.25) is 4.90 Å². The number of hydrogen-bond acceptors (Lipinski definition) is 5. The molecule has 4 N–H and O–H groups in total. The summed E-state index contributed by atoms with van der Waals surface area (Å²) in [6.07, 6.45) is 2.17. The molecule has 1 fully saturated rings. The summed E-state index contributed by atoms with van der Waals surface area (Å²) in [7, 11) is 0. The molecule has 0 saturated carbocycles. The summed E-state index contributed by atoms with van der Waals surface area (Å²) in [5.41, 5.74) is 9.08. The Balaban J connectivity index is 2.12. The number of halogens is 3. The van der Waals surface area contributed by atoms with E-state index >= 15 is 0 Å². The monoisotopic (exact) mass is 360 g/mol. The summed E-state index contributed by atoms with van der Waals surface area (Å²) in [4.78, 5) is 4.51. The van der Waals surface area contributed by atoms with Gasteiger partial charge in [0.05, 0.1) is 12.5 Å². The number of benzene rings is 1. The minimum Gasteiger partial charge on any atom is -0.386 e. The third-order valence-corrected chi connectivity index (χ3v) is 4.58. The van der Waals surface area contributed by atoms with Crippen molar-refractivity contribution >= 4 is 17.4 Å². The van der Waals surface area contributed by atoms with Gasteiger partial charge in [0.15, 0.2) is 0 Å². The fourth-order valence-electron chi connectivity index (χ4n) is 2.64. The van der Waals surface area contributed by atoms with Gasteiger partial charge in [-0.2, -0.15) is 13.2 Å². The first-order valence-electron chi connectivity index (χ1n) is 7.84. The van der Waals surface area contributed by atoms with Crippen molar-refractivity contribution in [2.75, 3.05) is 31.2 Å². The molecular formula is C16H23F3N4S. The predicted molar refractivity (Wildman–Crippen MR) is 92.4 cm³/mol. The zero-order chi connectivity index (χ0) is 17.7. The second-order valence-corrected chi connectivity index (χ2v) is 6.98. The van der Waals surface area contributed by atoms with E-state index in [0.29, 0.717) is 19.0 Å². The Morgan fingerprint density at radius 1 is 1.17 bits per heavy atom. The topological polar surface area (TPSA) is 58.5 Å². The largest absolute Gasteiger partial charge is 0.446 e. The lowest BCUT2D eigenvalue weighted by atomic mass is 10.1. The predicted octanol–water partition coefficient (Wildman–Crippen LogP) is 3.31. The molecular weight excluding hydrogens is 337 g/mol. The Hall–Kier alpha value is -1.54. The van der Waals surface area contributed by atoms with Crippen molar-refractivity contribution in [1.29, 1.82) is 0 Å². The fraction of sp³-hybridized carbons (Fsp3) is 0.500. The molecule has 2 rings (SSSR count). The zero-order valence-corrected chi connectivity index (χ0v) is 14.5. The van der Waals surface area contributed by atoms with Gasteiger partial charge in [0.25, 0.3) is 0 Å². The second kappa shape index (κ2) is 8.02. The van der Waals surface area contributed by atoms with Crippen molar-refractivity contribution < 1.29 is 13.2 Å². The molecule has 1 aromatic rings. The van der Waals surface area contributed by atoms with E-state index in [1.54, 1.807) is 12.1 Å². The Morgan fingerprint density at radius 2 is 1.83 bits per heavy atom. The number of thioether (sulfide) groups is 1. The minimum absolute atomic E-state index is 0.105. The number of hydrogen-bond donors (Lipinski definition) is 2. The van der Waals surface area contributed by atoms with E-state index in [0.717, 1.165) is 37.2 Å². The van der Waals surface area contributed by atoms with Gasteiger partial charge in [-0.1, -0.05) is 13.3 Å². The molecule has 134 valence electrons. The maximum absolute atomic E-state index is 12.4. The quantitative estimate of drug-likeness (QED) is 0.789. The molecule has 0 bridgehead atoms. The molecule has 24 heavy (non-hydrogen) atoms. The summed E-state index contributed by atoms with van der Waals surface area (Å²) in [5, 5.41) is 0. The van der Waals surface area contributed by atoms with Gasteiger partial charge >= 0.3 is 5.51 Å². The average Bonchev–Trinajstić information content (AvgIpc) is 2.51. The highest BCUT2D eigenvalue weighted by Crippen LogP contribution is 2.37. The van der Waals surface area contributed by atoms with Crippen LogP contribution in [0.2, 0.25) is 0 Å². The molecule has 1 saturated heterocycles. The second-order valence-electron chi connectivity index (χ2n) is 5.85. The molecule has 1 aromatic carbocycles. The fourth-order valence-corrected chi connectivity index (χ4v) is 3.18. The highest BCUT2D eigenvalue weighted by Gasteiger charge is 2.29. The molecule has 8 heteroatoms. The van der Waals surface area contributed by atoms with Gasteiger partial charge in [-0.15, -0.1) is 0 Å². The summed E-state index contributed by atoms with van der Waals surface area (Å²) in [6.45, 7) is 5.11. The van der Waals surface area contributed by atoms with Crippen LogP contribution in [-0.4, -0.2) is 36.7 Å². The van der Waals surface area contributed by atoms with Crippen LogP contribution >= 0.6 is 11.8 Å². The van der Waals surface area contributed by atoms with Gasteiger partial charge in [-0.05, 0) is 42.4 Å². The Bertz CT molecular complexity index is 568. The highest BCUT2D eigenvalue weighted by atomic mass is 32.2. The van der Waals surface area contributed by atoms with Gasteiger partial charge in [0.1, 0.15) is 0 Å². The van der Waals surface area contributed by atoms with Crippen LogP contribution in [-0.2, 0) is 0 Å². The van der Waals surface area contributed by atoms with E-state index in [-0.39, 0.29) is 16.7 Å². The summed E-state index contributed by atoms with van der Waals surface area (Å²) < 4.78 is 37.3. The third-order valence-electron chi connectivity index (χ3n) is 3.84. The molecule has 0 atom stereocenters. The molecule has 1 aliphatic rings. The van der Waals surface area contributed by atoms with Crippen molar-refractivity contribution in [3.05, 3.63) is 35.7 Å². The highest BCUT2D eigenvalue weighted by molar-refractivity contribution is 8.00. The van der Waals surface area contributed by atoms with Gasteiger partial charge < -0.3 is 16.4 Å². The van der Waals surface area contributed by atoms with Crippen LogP contribution in [0.5, 0.6) is 0 Å². The SMILES string of the molecule is CCCCN1CC(=C(N)N)CN(c2ccc(SC(F)(F)F)cc2)C1. The maximum Gasteiger partial charge on any atom is 0.446 e. The first kappa shape index (κ1) is 18.8. The molecule has 0 radical (unpaired) electrons. The van der Waals surface area contributed by atoms with Gasteiger partial charge in [0.2, 0.25) is 0 Å². The molecule has 4 nitrogen and oxygen atoms in total. The van der Waals surface area contributed by atoms with E-state index in [1.165, 1.54) is 12.1 Å². The van der Waals surface area contributed by atoms with Crippen LogP contribution in [0.15, 0.2) is 40.6 Å². The third kappa shape index (κ3) is 5.52. The normalized spacial score (nSPS) is 16.5. The number of rotatable bonds is 5. The van der Waals surface area contributed by atoms with E-state index in [1.807, 2.05) is 0 Å². The van der Waals surface area contributed by atoms with Crippen molar-refractivity contribution in [2.24, 2.45) is 11.5 Å². The van der Waals surface area contributed by atoms with Crippen LogP contribution in [0.3, 0.4) is 0 Å². The smallest absolute Gasteiger partial charge is 0.386 e. The number of unbranched alkanes of at least 4 members (excludes halogenated alkanes) is 1. The van der Waals surface area contributed by atoms with Crippen LogP contribution < -0.4 is 16.4 Å². The number of nitrogens with two attached hydrogens (primary N) is 2. The maximum atomic E-state index is 12.4. The molecule has 1 heterocycles. The van der Waals surface area contributed by atoms with Crippen LogP contribution in [0.1, 0.15) is 19.8 Å². The molecule has 0 aliphatic carbocycles. The Morgan fingerprint density at radius 3 is 2.38 bits per heavy atom. The number of anilines is 1. The van der Waals surface area contributed by atoms with Crippen LogP contribution in [0.4, 0.5) is 18.9 Å². The number of alkyl halides is 3. The van der Waals surface area contributed by atoms with E-state index in [9.17, 15) is 13.2 Å². The Labute approximate surface area is 144 Å². The standard InChI is InChI=1S/C16H23F3N4S/c1-2-3-8-22-9-12(15(20)21)10-23(11-22)13-4-6-14(7-5-13)24-16(17,18)19/h4-7H,2-3,8-11,20-21H2,1H3. The average molecular weight is 360 g/mol. The van der Waals surface area contributed by atoms with Gasteiger partial charge in [0, 0.05) is 35.8 Å². The van der Waals surface area contributed by atoms with Crippen molar-refractivity contribution in [3.63, 3.8) is 0 Å². The van der Waals surface area contributed by atoms with Crippen molar-refractivity contribution in [2.45, 2.75) is 30.2 Å². The minimum atomic E-state index is -4.27. The summed E-state index contributed by atoms with van der Waals surface area (Å²) in [5.74, 6) is 0.324. The molecule has 0 amide bonds. The summed E-state index contributed by atoms with van der Waals surface area (Å²) in [6, 6.07) is 6.41. The number of nitrogens with zero attached hydrogens (tertiary/aromatic N) is 2. The zero-order valence-electron chi connectivity index (χ0n) is 13.6. The molecule has 0 aromatic heterocycles. The Kier molecular flexibility index (Phi) is 6.28. The van der Waals surface area contributed by atoms with Crippen molar-refractivity contribution in [1.82, 2.24) is 4.90 Å². The first-order valence-corrected chi connectivity index (χ1v) is 8.66. The van der Waals surface area contributed by atoms with Crippen LogP contribution in [0.25, 0.3) is 0 Å². The van der Waals surface area contributed by atoms with E-state index < -0.39 is 5.51 Å². The summed E-state index contributed by atoms with van der Waals surface area (Å²) >= 11 is -0.105. The molecule has 0 unspecified atom stereocenters. The molecule has 0 spiro atoms.